The fourth-order valence-electron chi connectivity index (χ4n) is 3.31. The molecule has 1 aromatic heterocycles. The van der Waals surface area contributed by atoms with Crippen molar-refractivity contribution in [1.29, 1.82) is 5.26 Å². The van der Waals surface area contributed by atoms with E-state index < -0.39 is 0 Å². The van der Waals surface area contributed by atoms with E-state index in [0.717, 1.165) is 16.4 Å². The summed E-state index contributed by atoms with van der Waals surface area (Å²) in [7, 11) is 1.62. The fourth-order valence-corrected chi connectivity index (χ4v) is 4.28. The van der Waals surface area contributed by atoms with Gasteiger partial charge in [0.2, 0.25) is 0 Å². The Morgan fingerprint density at radius 2 is 1.62 bits per heavy atom. The zero-order valence-corrected chi connectivity index (χ0v) is 18.6. The molecule has 3 aromatic carbocycles. The fraction of sp³-hybridized carbons (Fsp3) is 0.160. The molecule has 4 rings (SSSR count). The van der Waals surface area contributed by atoms with Gasteiger partial charge in [-0.2, -0.15) is 5.26 Å². The molecule has 0 aliphatic heterocycles. The van der Waals surface area contributed by atoms with Crippen LogP contribution in [-0.2, 0) is 5.75 Å². The number of nitrogens with zero attached hydrogens (tertiary/aromatic N) is 4. The molecule has 0 fully saturated rings. The number of nitriles is 1. The van der Waals surface area contributed by atoms with Crippen molar-refractivity contribution in [3.05, 3.63) is 95.8 Å². The number of hydrogen-bond donors (Lipinski definition) is 0. The highest BCUT2D eigenvalue weighted by molar-refractivity contribution is 7.98. The Morgan fingerprint density at radius 1 is 0.938 bits per heavy atom. The summed E-state index contributed by atoms with van der Waals surface area (Å²) < 4.78 is 13.6. The van der Waals surface area contributed by atoms with Crippen LogP contribution >= 0.6 is 11.8 Å². The molecule has 6 nitrogen and oxygen atoms in total. The Labute approximate surface area is 191 Å². The molecule has 1 atom stereocenters. The first-order chi connectivity index (χ1) is 15.7. The van der Waals surface area contributed by atoms with Gasteiger partial charge in [0.1, 0.15) is 0 Å². The summed E-state index contributed by atoms with van der Waals surface area (Å²) in [5, 5.41) is 19.0. The van der Waals surface area contributed by atoms with Crippen LogP contribution in [0.1, 0.15) is 30.0 Å². The molecule has 0 N–H and O–H groups in total. The molecular formula is C25H22N4O2S. The average molecular weight is 443 g/mol. The maximum Gasteiger partial charge on any atom is 0.196 e. The van der Waals surface area contributed by atoms with Crippen LogP contribution in [0.15, 0.2) is 84.0 Å². The number of methoxy groups -OCH3 is 1. The SMILES string of the molecule is COc1ccccc1OC(C)c1nnc(SCc2ccccc2C#N)n1-c1ccccc1. The van der Waals surface area contributed by atoms with Gasteiger partial charge in [-0.15, -0.1) is 10.2 Å². The standard InChI is InChI=1S/C25H22N4O2S/c1-18(31-23-15-9-8-14-22(23)30-2)24-27-28-25(29(24)21-12-4-3-5-13-21)32-17-20-11-7-6-10-19(20)16-26/h3-15,18H,17H2,1-2H3. The molecule has 0 aliphatic carbocycles. The third kappa shape index (κ3) is 4.61. The topological polar surface area (TPSA) is 73.0 Å². The molecule has 7 heteroatoms. The van der Waals surface area contributed by atoms with Crippen molar-refractivity contribution in [2.24, 2.45) is 0 Å². The van der Waals surface area contributed by atoms with Gasteiger partial charge in [-0.25, -0.2) is 0 Å². The second kappa shape index (κ2) is 10.0. The first-order valence-corrected chi connectivity index (χ1v) is 11.1. The van der Waals surface area contributed by atoms with E-state index in [-0.39, 0.29) is 6.10 Å². The van der Waals surface area contributed by atoms with Crippen LogP contribution < -0.4 is 9.47 Å². The van der Waals surface area contributed by atoms with E-state index in [9.17, 15) is 5.26 Å². The average Bonchev–Trinajstić information content (AvgIpc) is 3.28. The Hall–Kier alpha value is -3.76. The molecule has 0 aliphatic rings. The molecule has 0 saturated carbocycles. The second-order valence-electron chi connectivity index (χ2n) is 6.98. The Bertz CT molecular complexity index is 1230. The quantitative estimate of drug-likeness (QED) is 0.332. The van der Waals surface area contributed by atoms with Gasteiger partial charge in [-0.1, -0.05) is 60.3 Å². The zero-order chi connectivity index (χ0) is 22.3. The summed E-state index contributed by atoms with van der Waals surface area (Å²) in [4.78, 5) is 0. The Kier molecular flexibility index (Phi) is 6.73. The maximum absolute atomic E-state index is 9.39. The summed E-state index contributed by atoms with van der Waals surface area (Å²) in [6.07, 6.45) is -0.375. The largest absolute Gasteiger partial charge is 0.493 e. The lowest BCUT2D eigenvalue weighted by molar-refractivity contribution is 0.204. The van der Waals surface area contributed by atoms with Gasteiger partial charge >= 0.3 is 0 Å². The Morgan fingerprint density at radius 3 is 2.38 bits per heavy atom. The van der Waals surface area contributed by atoms with E-state index in [2.05, 4.69) is 16.3 Å². The molecular weight excluding hydrogens is 420 g/mol. The van der Waals surface area contributed by atoms with Gasteiger partial charge in [-0.3, -0.25) is 4.57 Å². The number of aromatic nitrogens is 3. The van der Waals surface area contributed by atoms with E-state index in [4.69, 9.17) is 9.47 Å². The predicted molar refractivity (Wildman–Crippen MR) is 124 cm³/mol. The van der Waals surface area contributed by atoms with Crippen LogP contribution in [0, 0.1) is 11.3 Å². The minimum atomic E-state index is -0.375. The number of thioether (sulfide) groups is 1. The molecule has 0 amide bonds. The monoisotopic (exact) mass is 442 g/mol. The number of benzene rings is 3. The van der Waals surface area contributed by atoms with E-state index in [1.807, 2.05) is 90.4 Å². The van der Waals surface area contributed by atoms with Crippen molar-refractivity contribution >= 4 is 11.8 Å². The predicted octanol–water partition coefficient (Wildman–Crippen LogP) is 5.58. The van der Waals surface area contributed by atoms with Gasteiger partial charge in [0, 0.05) is 11.4 Å². The van der Waals surface area contributed by atoms with Gasteiger partial charge in [-0.05, 0) is 42.8 Å². The van der Waals surface area contributed by atoms with Crippen LogP contribution in [0.2, 0.25) is 0 Å². The highest BCUT2D eigenvalue weighted by Crippen LogP contribution is 2.33. The highest BCUT2D eigenvalue weighted by Gasteiger charge is 2.22. The number of para-hydroxylation sites is 3. The lowest BCUT2D eigenvalue weighted by atomic mass is 10.1. The van der Waals surface area contributed by atoms with Crippen molar-refractivity contribution in [1.82, 2.24) is 14.8 Å². The molecule has 160 valence electrons. The summed E-state index contributed by atoms with van der Waals surface area (Å²) in [6, 6.07) is 27.3. The third-order valence-electron chi connectivity index (χ3n) is 4.90. The molecule has 0 radical (unpaired) electrons. The lowest BCUT2D eigenvalue weighted by Crippen LogP contribution is -2.12. The maximum atomic E-state index is 9.39. The second-order valence-corrected chi connectivity index (χ2v) is 7.92. The Balaban J connectivity index is 1.66. The number of ether oxygens (including phenoxy) is 2. The van der Waals surface area contributed by atoms with Gasteiger partial charge in [0.25, 0.3) is 0 Å². The molecule has 1 heterocycles. The summed E-state index contributed by atoms with van der Waals surface area (Å²) >= 11 is 1.53. The van der Waals surface area contributed by atoms with Crippen molar-refractivity contribution in [2.45, 2.75) is 23.9 Å². The molecule has 0 bridgehead atoms. The van der Waals surface area contributed by atoms with Crippen LogP contribution in [0.4, 0.5) is 0 Å². The third-order valence-corrected chi connectivity index (χ3v) is 5.88. The summed E-state index contributed by atoms with van der Waals surface area (Å²) in [6.45, 7) is 1.94. The van der Waals surface area contributed by atoms with Crippen molar-refractivity contribution in [3.63, 3.8) is 0 Å². The lowest BCUT2D eigenvalue weighted by Gasteiger charge is -2.18. The van der Waals surface area contributed by atoms with Crippen molar-refractivity contribution in [2.75, 3.05) is 7.11 Å². The summed E-state index contributed by atoms with van der Waals surface area (Å²) in [5.74, 6) is 2.59. The minimum absolute atomic E-state index is 0.375. The van der Waals surface area contributed by atoms with Crippen LogP contribution in [-0.4, -0.2) is 21.9 Å². The number of rotatable bonds is 8. The van der Waals surface area contributed by atoms with Gasteiger partial charge in [0.05, 0.1) is 18.7 Å². The van der Waals surface area contributed by atoms with E-state index in [1.54, 1.807) is 7.11 Å². The molecule has 0 saturated heterocycles. The van der Waals surface area contributed by atoms with Crippen molar-refractivity contribution < 1.29 is 9.47 Å². The minimum Gasteiger partial charge on any atom is -0.493 e. The van der Waals surface area contributed by atoms with Crippen LogP contribution in [0.3, 0.4) is 0 Å². The first-order valence-electron chi connectivity index (χ1n) is 10.1. The first kappa shape index (κ1) is 21.5. The molecule has 4 aromatic rings. The summed E-state index contributed by atoms with van der Waals surface area (Å²) in [5.41, 5.74) is 2.57. The van der Waals surface area contributed by atoms with E-state index in [0.29, 0.717) is 28.6 Å². The van der Waals surface area contributed by atoms with Gasteiger partial charge < -0.3 is 9.47 Å². The van der Waals surface area contributed by atoms with Crippen LogP contribution in [0.25, 0.3) is 5.69 Å². The normalized spacial score (nSPS) is 11.5. The molecule has 1 unspecified atom stereocenters. The zero-order valence-electron chi connectivity index (χ0n) is 17.8. The van der Waals surface area contributed by atoms with Crippen molar-refractivity contribution in [3.8, 4) is 23.3 Å². The van der Waals surface area contributed by atoms with Gasteiger partial charge in [0.15, 0.2) is 28.6 Å². The molecule has 32 heavy (non-hydrogen) atoms. The molecule has 0 spiro atoms. The van der Waals surface area contributed by atoms with E-state index in [1.165, 1.54) is 11.8 Å². The highest BCUT2D eigenvalue weighted by atomic mass is 32.2. The smallest absolute Gasteiger partial charge is 0.196 e. The van der Waals surface area contributed by atoms with Crippen LogP contribution in [0.5, 0.6) is 11.5 Å². The number of hydrogen-bond acceptors (Lipinski definition) is 6. The van der Waals surface area contributed by atoms with E-state index >= 15 is 0 Å².